The van der Waals surface area contributed by atoms with Crippen LogP contribution in [-0.4, -0.2) is 44.7 Å². The van der Waals surface area contributed by atoms with E-state index in [-0.39, 0.29) is 23.0 Å². The summed E-state index contributed by atoms with van der Waals surface area (Å²) in [6.07, 6.45) is 0.438. The minimum Gasteiger partial charge on any atom is -0.379 e. The van der Waals surface area contributed by atoms with E-state index in [1.165, 1.54) is 0 Å². The fourth-order valence-electron chi connectivity index (χ4n) is 1.31. The van der Waals surface area contributed by atoms with Crippen LogP contribution >= 0.6 is 0 Å². The van der Waals surface area contributed by atoms with Crippen LogP contribution in [0.5, 0.6) is 0 Å². The van der Waals surface area contributed by atoms with E-state index in [1.54, 1.807) is 0 Å². The Balaban J connectivity index is 3.34. The van der Waals surface area contributed by atoms with E-state index < -0.39 is 0 Å². The van der Waals surface area contributed by atoms with Crippen LogP contribution in [0, 0.1) is 11.3 Å². The molecule has 0 rings (SSSR count). The number of nitrogens with one attached hydrogen (secondary N) is 1. The molecule has 0 aromatic rings. The van der Waals surface area contributed by atoms with E-state index in [1.807, 2.05) is 34.6 Å². The van der Waals surface area contributed by atoms with E-state index in [4.69, 9.17) is 9.47 Å². The summed E-state index contributed by atoms with van der Waals surface area (Å²) in [6, 6.07) is 0. The Kier molecular flexibility index (Phi) is 9.42. The predicted molar refractivity (Wildman–Crippen MR) is 78.6 cm³/mol. The fourth-order valence-corrected chi connectivity index (χ4v) is 1.31. The molecular formula is C15H29NO4. The minimum absolute atomic E-state index is 0.00122. The van der Waals surface area contributed by atoms with Crippen molar-refractivity contribution < 1.29 is 19.1 Å². The van der Waals surface area contributed by atoms with Gasteiger partial charge in [0.1, 0.15) is 5.78 Å². The summed E-state index contributed by atoms with van der Waals surface area (Å²) in [6.45, 7) is 11.8. The molecule has 0 fully saturated rings. The highest BCUT2D eigenvalue weighted by atomic mass is 16.5. The average Bonchev–Trinajstić information content (AvgIpc) is 2.34. The second-order valence-electron chi connectivity index (χ2n) is 6.09. The van der Waals surface area contributed by atoms with E-state index in [0.717, 1.165) is 0 Å². The Bertz CT molecular complexity index is 295. The highest BCUT2D eigenvalue weighted by Gasteiger charge is 2.20. The van der Waals surface area contributed by atoms with E-state index in [0.29, 0.717) is 39.4 Å². The zero-order chi connectivity index (χ0) is 15.6. The Labute approximate surface area is 122 Å². The smallest absolute Gasteiger partial charge is 0.222 e. The summed E-state index contributed by atoms with van der Waals surface area (Å²) >= 11 is 0. The largest absolute Gasteiger partial charge is 0.379 e. The van der Waals surface area contributed by atoms with Crippen molar-refractivity contribution in [3.63, 3.8) is 0 Å². The van der Waals surface area contributed by atoms with Crippen molar-refractivity contribution in [2.45, 2.75) is 41.0 Å². The molecule has 0 unspecified atom stereocenters. The highest BCUT2D eigenvalue weighted by Crippen LogP contribution is 2.16. The van der Waals surface area contributed by atoms with Gasteiger partial charge in [-0.2, -0.15) is 0 Å². The van der Waals surface area contributed by atoms with Gasteiger partial charge in [0.2, 0.25) is 5.91 Å². The molecule has 0 atom stereocenters. The van der Waals surface area contributed by atoms with Crippen molar-refractivity contribution in [1.29, 1.82) is 0 Å². The number of carbonyl (C=O) groups is 2. The summed E-state index contributed by atoms with van der Waals surface area (Å²) in [4.78, 5) is 22.8. The molecule has 0 saturated heterocycles. The molecule has 0 heterocycles. The van der Waals surface area contributed by atoms with Crippen LogP contribution in [0.2, 0.25) is 0 Å². The molecule has 1 N–H and O–H groups in total. The van der Waals surface area contributed by atoms with Crippen molar-refractivity contribution in [2.75, 3.05) is 33.0 Å². The molecule has 0 radical (unpaired) electrons. The molecule has 5 heteroatoms. The molecule has 0 aliphatic heterocycles. The van der Waals surface area contributed by atoms with Crippen LogP contribution in [0.25, 0.3) is 0 Å². The van der Waals surface area contributed by atoms with E-state index in [2.05, 4.69) is 5.32 Å². The number of rotatable bonds is 10. The maximum Gasteiger partial charge on any atom is 0.222 e. The maximum atomic E-state index is 11.6. The molecule has 0 bridgehead atoms. The molecule has 118 valence electrons. The van der Waals surface area contributed by atoms with Crippen LogP contribution in [0.3, 0.4) is 0 Å². The third kappa shape index (κ3) is 9.92. The van der Waals surface area contributed by atoms with Crippen molar-refractivity contribution >= 4 is 11.7 Å². The van der Waals surface area contributed by atoms with Crippen LogP contribution in [0.15, 0.2) is 0 Å². The lowest BCUT2D eigenvalue weighted by atomic mass is 9.89. The van der Waals surface area contributed by atoms with Gasteiger partial charge in [-0.1, -0.05) is 34.6 Å². The monoisotopic (exact) mass is 287 g/mol. The lowest BCUT2D eigenvalue weighted by molar-refractivity contribution is -0.127. The molecule has 0 spiro atoms. The first-order valence-electron chi connectivity index (χ1n) is 7.21. The third-order valence-electron chi connectivity index (χ3n) is 2.75. The van der Waals surface area contributed by atoms with Crippen LogP contribution in [0.1, 0.15) is 41.0 Å². The molecular weight excluding hydrogens is 258 g/mol. The zero-order valence-corrected chi connectivity index (χ0v) is 13.5. The molecule has 1 amide bonds. The number of hydrogen-bond acceptors (Lipinski definition) is 4. The van der Waals surface area contributed by atoms with E-state index in [9.17, 15) is 9.59 Å². The number of amides is 1. The van der Waals surface area contributed by atoms with Crippen molar-refractivity contribution in [3.05, 3.63) is 0 Å². The van der Waals surface area contributed by atoms with Gasteiger partial charge in [-0.25, -0.2) is 0 Å². The van der Waals surface area contributed by atoms with Crippen molar-refractivity contribution in [3.8, 4) is 0 Å². The quantitative estimate of drug-likeness (QED) is 0.622. The predicted octanol–water partition coefficient (Wildman–Crippen LogP) is 1.80. The molecule has 0 aromatic carbocycles. The molecule has 0 aliphatic carbocycles. The second-order valence-corrected chi connectivity index (χ2v) is 6.09. The fraction of sp³-hybridized carbons (Fsp3) is 0.867. The van der Waals surface area contributed by atoms with E-state index >= 15 is 0 Å². The second kappa shape index (κ2) is 9.88. The number of Topliss-reactive ketones (excluding diaryl/α,β-unsaturated/α-hetero) is 1. The molecule has 20 heavy (non-hydrogen) atoms. The number of ketones is 1. The summed E-state index contributed by atoms with van der Waals surface area (Å²) < 4.78 is 10.6. The molecule has 0 aliphatic rings. The minimum atomic E-state index is -0.297. The van der Waals surface area contributed by atoms with Crippen LogP contribution in [0.4, 0.5) is 0 Å². The number of carbonyl (C=O) groups excluding carboxylic acids is 2. The Hall–Kier alpha value is -0.940. The summed E-state index contributed by atoms with van der Waals surface area (Å²) in [5.41, 5.74) is -0.297. The lowest BCUT2D eigenvalue weighted by Gasteiger charge is -2.16. The molecule has 5 nitrogen and oxygen atoms in total. The van der Waals surface area contributed by atoms with Gasteiger partial charge in [-0.05, 0) is 0 Å². The lowest BCUT2D eigenvalue weighted by Crippen LogP contribution is -2.31. The highest BCUT2D eigenvalue weighted by molar-refractivity contribution is 5.83. The summed E-state index contributed by atoms with van der Waals surface area (Å²) in [5, 5.41) is 2.77. The first-order chi connectivity index (χ1) is 9.25. The molecule has 0 saturated carbocycles. The van der Waals surface area contributed by atoms with Gasteiger partial charge >= 0.3 is 0 Å². The number of hydrogen-bond donors (Lipinski definition) is 1. The Morgan fingerprint density at radius 2 is 1.55 bits per heavy atom. The maximum absolute atomic E-state index is 11.6. The van der Waals surface area contributed by atoms with Gasteiger partial charge in [0.25, 0.3) is 0 Å². The zero-order valence-electron chi connectivity index (χ0n) is 13.5. The van der Waals surface area contributed by atoms with Gasteiger partial charge < -0.3 is 14.8 Å². The van der Waals surface area contributed by atoms with Gasteiger partial charge in [-0.3, -0.25) is 9.59 Å². The SMILES string of the molecule is CC(C)C(=O)NCCOCCOCCC(=O)C(C)(C)C. The van der Waals surface area contributed by atoms with Crippen molar-refractivity contribution in [1.82, 2.24) is 5.32 Å². The Morgan fingerprint density at radius 3 is 2.05 bits per heavy atom. The first kappa shape index (κ1) is 19.1. The first-order valence-corrected chi connectivity index (χ1v) is 7.21. The van der Waals surface area contributed by atoms with Gasteiger partial charge in [-0.15, -0.1) is 0 Å². The van der Waals surface area contributed by atoms with Gasteiger partial charge in [0, 0.05) is 24.3 Å². The summed E-state index contributed by atoms with van der Waals surface area (Å²) in [7, 11) is 0. The third-order valence-corrected chi connectivity index (χ3v) is 2.75. The standard InChI is InChI=1S/C15H29NO4/c1-12(2)14(18)16-7-9-20-11-10-19-8-6-13(17)15(3,4)5/h12H,6-11H2,1-5H3,(H,16,18). The van der Waals surface area contributed by atoms with Crippen molar-refractivity contribution in [2.24, 2.45) is 11.3 Å². The molecule has 0 aromatic heterocycles. The Morgan fingerprint density at radius 1 is 1.00 bits per heavy atom. The van der Waals surface area contributed by atoms with Gasteiger partial charge in [0.05, 0.1) is 26.4 Å². The van der Waals surface area contributed by atoms with Crippen LogP contribution < -0.4 is 5.32 Å². The average molecular weight is 287 g/mol. The van der Waals surface area contributed by atoms with Gasteiger partial charge in [0.15, 0.2) is 0 Å². The summed E-state index contributed by atoms with van der Waals surface area (Å²) in [5.74, 6) is 0.235. The topological polar surface area (TPSA) is 64.6 Å². The normalized spacial score (nSPS) is 11.7. The number of ether oxygens (including phenoxy) is 2. The van der Waals surface area contributed by atoms with Crippen LogP contribution in [-0.2, 0) is 19.1 Å².